The lowest BCUT2D eigenvalue weighted by Gasteiger charge is -2.30. The monoisotopic (exact) mass is 187 g/mol. The molecule has 0 atom stereocenters. The van der Waals surface area contributed by atoms with Gasteiger partial charge in [0.05, 0.1) is 12.6 Å². The minimum absolute atomic E-state index is 0.0390. The maximum absolute atomic E-state index is 11.0. The largest absolute Gasteiger partial charge is 0.453 e. The normalized spacial score (nSPS) is 10.7. The summed E-state index contributed by atoms with van der Waals surface area (Å²) < 4.78 is 4.46. The first-order chi connectivity index (χ1) is 6.02. The maximum atomic E-state index is 11.0. The van der Waals surface area contributed by atoms with Crippen LogP contribution in [0.5, 0.6) is 0 Å². The number of nitrogens with two attached hydrogens (primary N) is 1. The molecular formula is C8H17N3O2. The van der Waals surface area contributed by atoms with Crippen LogP contribution in [0.25, 0.3) is 0 Å². The minimum atomic E-state index is -0.757. The van der Waals surface area contributed by atoms with Crippen LogP contribution in [0.2, 0.25) is 0 Å². The highest BCUT2D eigenvalue weighted by atomic mass is 16.5. The van der Waals surface area contributed by atoms with Crippen molar-refractivity contribution in [2.75, 3.05) is 7.11 Å². The quantitative estimate of drug-likeness (QED) is 0.450. The van der Waals surface area contributed by atoms with Gasteiger partial charge in [0.25, 0.3) is 0 Å². The second-order valence-electron chi connectivity index (χ2n) is 2.82. The number of amides is 1. The first-order valence-corrected chi connectivity index (χ1v) is 4.23. The van der Waals surface area contributed by atoms with Crippen molar-refractivity contribution in [2.24, 2.45) is 5.73 Å². The zero-order valence-electron chi connectivity index (χ0n) is 8.31. The summed E-state index contributed by atoms with van der Waals surface area (Å²) in [5.41, 5.74) is 4.65. The van der Waals surface area contributed by atoms with Crippen LogP contribution in [0, 0.1) is 5.41 Å². The molecule has 0 aromatic rings. The third-order valence-electron chi connectivity index (χ3n) is 2.25. The Morgan fingerprint density at radius 1 is 1.54 bits per heavy atom. The molecule has 0 bridgehead atoms. The Hall–Kier alpha value is -1.26. The molecule has 0 aromatic carbocycles. The Morgan fingerprint density at radius 3 is 2.23 bits per heavy atom. The molecule has 0 aliphatic heterocycles. The number of carbonyl (C=O) groups excluding carboxylic acids is 1. The minimum Gasteiger partial charge on any atom is -0.453 e. The Morgan fingerprint density at radius 2 is 2.00 bits per heavy atom. The number of carbonyl (C=O) groups is 1. The second kappa shape index (κ2) is 4.69. The van der Waals surface area contributed by atoms with E-state index in [2.05, 4.69) is 10.1 Å². The van der Waals surface area contributed by atoms with Crippen molar-refractivity contribution in [2.45, 2.75) is 32.2 Å². The fourth-order valence-electron chi connectivity index (χ4n) is 1.12. The van der Waals surface area contributed by atoms with Gasteiger partial charge in [-0.25, -0.2) is 4.79 Å². The molecule has 0 heterocycles. The molecule has 76 valence electrons. The van der Waals surface area contributed by atoms with Gasteiger partial charge >= 0.3 is 6.09 Å². The van der Waals surface area contributed by atoms with Gasteiger partial charge in [0.15, 0.2) is 0 Å². The predicted octanol–water partition coefficient (Wildman–Crippen LogP) is 0.837. The molecule has 5 nitrogen and oxygen atoms in total. The van der Waals surface area contributed by atoms with Crippen LogP contribution in [-0.2, 0) is 4.74 Å². The Bertz CT molecular complexity index is 200. The Labute approximate surface area is 78.1 Å². The Kier molecular flexibility index (Phi) is 4.23. The second-order valence-corrected chi connectivity index (χ2v) is 2.82. The summed E-state index contributed by atoms with van der Waals surface area (Å²) in [6.07, 6.45) is 0.598. The molecule has 1 amide bonds. The summed E-state index contributed by atoms with van der Waals surface area (Å²) in [6, 6.07) is 0. The number of amidine groups is 1. The fraction of sp³-hybridized carbons (Fsp3) is 0.750. The number of ether oxygens (including phenoxy) is 1. The van der Waals surface area contributed by atoms with Gasteiger partial charge in [-0.05, 0) is 12.8 Å². The van der Waals surface area contributed by atoms with E-state index in [0.717, 1.165) is 0 Å². The molecule has 0 saturated carbocycles. The molecule has 0 radical (unpaired) electrons. The van der Waals surface area contributed by atoms with E-state index in [4.69, 9.17) is 11.1 Å². The van der Waals surface area contributed by atoms with Crippen LogP contribution < -0.4 is 11.1 Å². The van der Waals surface area contributed by atoms with Crippen molar-refractivity contribution < 1.29 is 9.53 Å². The molecule has 4 N–H and O–H groups in total. The molecule has 0 aliphatic carbocycles. The first-order valence-electron chi connectivity index (χ1n) is 4.23. The average Bonchev–Trinajstić information content (AvgIpc) is 2.13. The highest BCUT2D eigenvalue weighted by Crippen LogP contribution is 2.14. The highest BCUT2D eigenvalue weighted by molar-refractivity contribution is 5.90. The molecule has 0 aliphatic rings. The van der Waals surface area contributed by atoms with Crippen molar-refractivity contribution in [1.29, 1.82) is 5.41 Å². The standard InChI is InChI=1S/C8H17N3O2/c1-4-8(5-2,6(9)10)11-7(12)13-3/h4-5H2,1-3H3,(H3,9,10)(H,11,12). The number of methoxy groups -OCH3 is 1. The van der Waals surface area contributed by atoms with E-state index in [1.165, 1.54) is 7.11 Å². The van der Waals surface area contributed by atoms with Gasteiger partial charge in [0, 0.05) is 0 Å². The van der Waals surface area contributed by atoms with E-state index < -0.39 is 11.6 Å². The van der Waals surface area contributed by atoms with E-state index in [0.29, 0.717) is 12.8 Å². The van der Waals surface area contributed by atoms with E-state index in [1.807, 2.05) is 13.8 Å². The molecule has 0 unspecified atom stereocenters. The lowest BCUT2D eigenvalue weighted by Crippen LogP contribution is -2.56. The van der Waals surface area contributed by atoms with Crippen LogP contribution in [0.3, 0.4) is 0 Å². The van der Waals surface area contributed by atoms with E-state index >= 15 is 0 Å². The third kappa shape index (κ3) is 2.61. The van der Waals surface area contributed by atoms with Crippen LogP contribution in [0.1, 0.15) is 26.7 Å². The van der Waals surface area contributed by atoms with Gasteiger partial charge in [-0.1, -0.05) is 13.8 Å². The molecule has 0 saturated heterocycles. The number of hydrogen-bond acceptors (Lipinski definition) is 3. The van der Waals surface area contributed by atoms with E-state index in [9.17, 15) is 4.79 Å². The van der Waals surface area contributed by atoms with E-state index in [1.54, 1.807) is 0 Å². The van der Waals surface area contributed by atoms with Gasteiger partial charge in [0.2, 0.25) is 0 Å². The summed E-state index contributed by atoms with van der Waals surface area (Å²) in [7, 11) is 1.28. The topological polar surface area (TPSA) is 88.2 Å². The van der Waals surface area contributed by atoms with Crippen LogP contribution in [-0.4, -0.2) is 24.6 Å². The van der Waals surface area contributed by atoms with Gasteiger partial charge in [-0.15, -0.1) is 0 Å². The van der Waals surface area contributed by atoms with Crippen LogP contribution >= 0.6 is 0 Å². The maximum Gasteiger partial charge on any atom is 0.407 e. The van der Waals surface area contributed by atoms with Gasteiger partial charge < -0.3 is 15.8 Å². The lowest BCUT2D eigenvalue weighted by molar-refractivity contribution is 0.161. The molecule has 5 heteroatoms. The lowest BCUT2D eigenvalue weighted by atomic mass is 9.92. The number of rotatable bonds is 4. The van der Waals surface area contributed by atoms with Gasteiger partial charge in [-0.3, -0.25) is 5.41 Å². The van der Waals surface area contributed by atoms with Crippen LogP contribution in [0.4, 0.5) is 4.79 Å². The molecule has 13 heavy (non-hydrogen) atoms. The van der Waals surface area contributed by atoms with E-state index in [-0.39, 0.29) is 5.84 Å². The van der Waals surface area contributed by atoms with Crippen molar-refractivity contribution >= 4 is 11.9 Å². The fourth-order valence-corrected chi connectivity index (χ4v) is 1.12. The number of nitrogens with one attached hydrogen (secondary N) is 2. The van der Waals surface area contributed by atoms with Crippen LogP contribution in [0.15, 0.2) is 0 Å². The highest BCUT2D eigenvalue weighted by Gasteiger charge is 2.31. The summed E-state index contributed by atoms with van der Waals surface area (Å²) in [4.78, 5) is 11.0. The molecule has 0 fully saturated rings. The SMILES string of the molecule is CCC(CC)(NC(=O)OC)C(=N)N. The first kappa shape index (κ1) is 11.7. The summed E-state index contributed by atoms with van der Waals surface area (Å²) in [5, 5.41) is 9.94. The number of alkyl carbamates (subject to hydrolysis) is 1. The van der Waals surface area contributed by atoms with Crippen molar-refractivity contribution in [3.8, 4) is 0 Å². The third-order valence-corrected chi connectivity index (χ3v) is 2.25. The molecular weight excluding hydrogens is 170 g/mol. The average molecular weight is 187 g/mol. The summed E-state index contributed by atoms with van der Waals surface area (Å²) in [5.74, 6) is -0.0390. The summed E-state index contributed by atoms with van der Waals surface area (Å²) >= 11 is 0. The van der Waals surface area contributed by atoms with Crippen molar-refractivity contribution in [3.05, 3.63) is 0 Å². The molecule has 0 aromatic heterocycles. The predicted molar refractivity (Wildman–Crippen MR) is 50.8 cm³/mol. The van der Waals surface area contributed by atoms with Gasteiger partial charge in [0.1, 0.15) is 5.84 Å². The number of hydrogen-bond donors (Lipinski definition) is 3. The smallest absolute Gasteiger partial charge is 0.407 e. The summed E-state index contributed by atoms with van der Waals surface area (Å²) in [6.45, 7) is 3.72. The van der Waals surface area contributed by atoms with Crippen molar-refractivity contribution in [1.82, 2.24) is 5.32 Å². The van der Waals surface area contributed by atoms with Gasteiger partial charge in [-0.2, -0.15) is 0 Å². The molecule has 0 rings (SSSR count). The Balaban J connectivity index is 4.57. The zero-order valence-corrected chi connectivity index (χ0v) is 8.31. The van der Waals surface area contributed by atoms with Crippen molar-refractivity contribution in [3.63, 3.8) is 0 Å². The molecule has 0 spiro atoms. The zero-order chi connectivity index (χ0) is 10.5.